The van der Waals surface area contributed by atoms with Gasteiger partial charge in [-0.3, -0.25) is 9.69 Å². The first-order chi connectivity index (χ1) is 11.8. The van der Waals surface area contributed by atoms with E-state index in [-0.39, 0.29) is 16.6 Å². The number of benzene rings is 1. The first-order valence-electron chi connectivity index (χ1n) is 8.29. The Morgan fingerprint density at radius 1 is 1.28 bits per heavy atom. The molecule has 7 heteroatoms. The summed E-state index contributed by atoms with van der Waals surface area (Å²) in [5.41, 5.74) is 0.788. The number of carboxylic acid groups (broad SMARTS) is 1. The fraction of sp³-hybridized carbons (Fsp3) is 0.500. The highest BCUT2D eigenvalue weighted by Gasteiger charge is 2.23. The van der Waals surface area contributed by atoms with E-state index < -0.39 is 15.8 Å². The largest absolute Gasteiger partial charge is 0.497 e. The van der Waals surface area contributed by atoms with Gasteiger partial charge in [-0.2, -0.15) is 0 Å². The highest BCUT2D eigenvalue weighted by molar-refractivity contribution is 7.91. The number of methoxy groups -OCH3 is 1. The second kappa shape index (κ2) is 8.49. The number of nitrogens with zero attached hydrogens (tertiary/aromatic N) is 1. The van der Waals surface area contributed by atoms with Crippen molar-refractivity contribution >= 4 is 15.8 Å². The molecule has 1 fully saturated rings. The molecule has 0 unspecified atom stereocenters. The average molecular weight is 367 g/mol. The van der Waals surface area contributed by atoms with Crippen molar-refractivity contribution in [3.05, 3.63) is 35.9 Å². The molecular formula is C18H25NO5S. The molecule has 1 aliphatic heterocycles. The van der Waals surface area contributed by atoms with Gasteiger partial charge in [-0.05, 0) is 57.1 Å². The van der Waals surface area contributed by atoms with Crippen LogP contribution in [0.15, 0.2) is 40.8 Å². The number of piperidine rings is 1. The van der Waals surface area contributed by atoms with Crippen LogP contribution in [0.5, 0.6) is 5.75 Å². The summed E-state index contributed by atoms with van der Waals surface area (Å²) >= 11 is 0. The van der Waals surface area contributed by atoms with Crippen molar-refractivity contribution in [1.82, 2.24) is 4.90 Å². The van der Waals surface area contributed by atoms with E-state index in [2.05, 4.69) is 4.90 Å². The zero-order valence-corrected chi connectivity index (χ0v) is 15.5. The second-order valence-corrected chi connectivity index (χ2v) is 8.39. The van der Waals surface area contributed by atoms with Crippen LogP contribution in [-0.4, -0.2) is 56.9 Å². The Bertz CT molecular complexity index is 716. The van der Waals surface area contributed by atoms with Gasteiger partial charge in [-0.25, -0.2) is 8.42 Å². The third-order valence-electron chi connectivity index (χ3n) is 4.47. The molecule has 2 rings (SSSR count). The van der Waals surface area contributed by atoms with Crippen molar-refractivity contribution in [2.24, 2.45) is 5.92 Å². The molecule has 1 saturated heterocycles. The fourth-order valence-electron chi connectivity index (χ4n) is 2.87. The van der Waals surface area contributed by atoms with Crippen LogP contribution >= 0.6 is 0 Å². The minimum Gasteiger partial charge on any atom is -0.497 e. The minimum absolute atomic E-state index is 0.0229. The third kappa shape index (κ3) is 5.57. The van der Waals surface area contributed by atoms with Crippen molar-refractivity contribution in [2.45, 2.75) is 24.7 Å². The highest BCUT2D eigenvalue weighted by atomic mass is 32.2. The molecule has 0 aliphatic carbocycles. The summed E-state index contributed by atoms with van der Waals surface area (Å²) in [7, 11) is -1.84. The molecule has 0 bridgehead atoms. The molecule has 0 aromatic heterocycles. The molecule has 0 saturated carbocycles. The highest BCUT2D eigenvalue weighted by Crippen LogP contribution is 2.19. The summed E-state index contributed by atoms with van der Waals surface area (Å²) in [4.78, 5) is 13.4. The first kappa shape index (κ1) is 19.5. The Balaban J connectivity index is 1.90. The smallest absolute Gasteiger partial charge is 0.306 e. The van der Waals surface area contributed by atoms with Crippen molar-refractivity contribution in [2.75, 3.05) is 32.5 Å². The summed E-state index contributed by atoms with van der Waals surface area (Å²) in [5.74, 6) is -0.380. The monoisotopic (exact) mass is 367 g/mol. The lowest BCUT2D eigenvalue weighted by Crippen LogP contribution is -2.36. The quantitative estimate of drug-likeness (QED) is 0.744. The number of sulfone groups is 1. The first-order valence-corrected chi connectivity index (χ1v) is 9.94. The van der Waals surface area contributed by atoms with E-state index in [0.29, 0.717) is 25.1 Å². The van der Waals surface area contributed by atoms with Crippen molar-refractivity contribution in [3.8, 4) is 5.75 Å². The third-order valence-corrected chi connectivity index (χ3v) is 6.30. The Labute approximate surface area is 149 Å². The molecule has 0 atom stereocenters. The Hall–Kier alpha value is -1.86. The van der Waals surface area contributed by atoms with Crippen LogP contribution in [0.4, 0.5) is 0 Å². The van der Waals surface area contributed by atoms with Crippen LogP contribution in [0.2, 0.25) is 0 Å². The molecule has 0 amide bonds. The summed E-state index contributed by atoms with van der Waals surface area (Å²) < 4.78 is 29.9. The molecule has 1 aliphatic rings. The minimum atomic E-state index is -3.38. The topological polar surface area (TPSA) is 83.9 Å². The van der Waals surface area contributed by atoms with Gasteiger partial charge in [0.05, 0.1) is 23.7 Å². The fourth-order valence-corrected chi connectivity index (χ4v) is 4.31. The number of carboxylic acids is 1. The van der Waals surface area contributed by atoms with Crippen LogP contribution in [0, 0.1) is 5.92 Å². The van der Waals surface area contributed by atoms with Gasteiger partial charge in [-0.15, -0.1) is 0 Å². The molecule has 25 heavy (non-hydrogen) atoms. The SMILES string of the molecule is COc1ccc(S(=O)(=O)CC(C)=CCN2CCC(C(=O)O)CC2)cc1. The molecule has 0 radical (unpaired) electrons. The van der Waals surface area contributed by atoms with E-state index in [1.165, 1.54) is 7.11 Å². The van der Waals surface area contributed by atoms with E-state index in [0.717, 1.165) is 18.7 Å². The van der Waals surface area contributed by atoms with Gasteiger partial charge >= 0.3 is 5.97 Å². The molecule has 6 nitrogen and oxygen atoms in total. The van der Waals surface area contributed by atoms with Gasteiger partial charge in [-0.1, -0.05) is 11.6 Å². The Morgan fingerprint density at radius 2 is 1.88 bits per heavy atom. The van der Waals surface area contributed by atoms with Crippen molar-refractivity contribution in [1.29, 1.82) is 0 Å². The van der Waals surface area contributed by atoms with Crippen LogP contribution in [0.1, 0.15) is 19.8 Å². The number of aliphatic carboxylic acids is 1. The lowest BCUT2D eigenvalue weighted by Gasteiger charge is -2.29. The maximum atomic E-state index is 12.5. The predicted molar refractivity (Wildman–Crippen MR) is 95.6 cm³/mol. The van der Waals surface area contributed by atoms with Gasteiger partial charge in [0.25, 0.3) is 0 Å². The van der Waals surface area contributed by atoms with Crippen LogP contribution in [0.25, 0.3) is 0 Å². The van der Waals surface area contributed by atoms with Gasteiger partial charge in [0.15, 0.2) is 9.84 Å². The van der Waals surface area contributed by atoms with Gasteiger partial charge in [0.2, 0.25) is 0 Å². The number of likely N-dealkylation sites (tertiary alicyclic amines) is 1. The van der Waals surface area contributed by atoms with Crippen molar-refractivity contribution in [3.63, 3.8) is 0 Å². The van der Waals surface area contributed by atoms with Gasteiger partial charge in [0.1, 0.15) is 5.75 Å². The Morgan fingerprint density at radius 3 is 2.40 bits per heavy atom. The maximum absolute atomic E-state index is 12.5. The molecular weight excluding hydrogens is 342 g/mol. The number of rotatable bonds is 7. The molecule has 1 aromatic carbocycles. The standard InChI is InChI=1S/C18H25NO5S/c1-14(7-10-19-11-8-15(9-12-19)18(20)21)13-25(22,23)17-5-3-16(24-2)4-6-17/h3-7,15H,8-13H2,1-2H3,(H,20,21). The molecule has 1 N–H and O–H groups in total. The van der Waals surface area contributed by atoms with E-state index >= 15 is 0 Å². The Kier molecular flexibility index (Phi) is 6.61. The normalized spacial score (nSPS) is 17.4. The summed E-state index contributed by atoms with van der Waals surface area (Å²) in [5, 5.41) is 9.01. The van der Waals surface area contributed by atoms with Crippen LogP contribution in [-0.2, 0) is 14.6 Å². The van der Waals surface area contributed by atoms with E-state index in [4.69, 9.17) is 9.84 Å². The van der Waals surface area contributed by atoms with Crippen molar-refractivity contribution < 1.29 is 23.1 Å². The zero-order chi connectivity index (χ0) is 18.4. The molecule has 0 spiro atoms. The van der Waals surface area contributed by atoms with Gasteiger partial charge in [0, 0.05) is 6.54 Å². The number of hydrogen-bond donors (Lipinski definition) is 1. The molecule has 1 heterocycles. The van der Waals surface area contributed by atoms with Crippen LogP contribution in [0.3, 0.4) is 0 Å². The van der Waals surface area contributed by atoms with E-state index in [9.17, 15) is 13.2 Å². The van der Waals surface area contributed by atoms with E-state index in [1.807, 2.05) is 13.0 Å². The zero-order valence-electron chi connectivity index (χ0n) is 14.6. The predicted octanol–water partition coefficient (Wildman–Crippen LogP) is 2.21. The number of ether oxygens (including phenoxy) is 1. The van der Waals surface area contributed by atoms with Crippen LogP contribution < -0.4 is 4.74 Å². The summed E-state index contributed by atoms with van der Waals surface area (Å²) in [6.45, 7) is 3.92. The second-order valence-electron chi connectivity index (χ2n) is 6.40. The average Bonchev–Trinajstić information content (AvgIpc) is 2.60. The molecule has 1 aromatic rings. The molecule has 138 valence electrons. The number of hydrogen-bond acceptors (Lipinski definition) is 5. The lowest BCUT2D eigenvalue weighted by molar-refractivity contribution is -0.143. The summed E-state index contributed by atoms with van der Waals surface area (Å²) in [6.07, 6.45) is 3.21. The summed E-state index contributed by atoms with van der Waals surface area (Å²) in [6, 6.07) is 6.38. The maximum Gasteiger partial charge on any atom is 0.306 e. The number of carbonyl (C=O) groups is 1. The lowest BCUT2D eigenvalue weighted by atomic mass is 9.97. The van der Waals surface area contributed by atoms with Gasteiger partial charge < -0.3 is 9.84 Å². The van der Waals surface area contributed by atoms with E-state index in [1.54, 1.807) is 24.3 Å².